The molecular weight excluding hydrogens is 222 g/mol. The Morgan fingerprint density at radius 3 is 2.94 bits per heavy atom. The number of aryl methyl sites for hydroxylation is 1. The molecule has 2 aromatic carbocycles. The van der Waals surface area contributed by atoms with Crippen molar-refractivity contribution in [3.8, 4) is 0 Å². The van der Waals surface area contributed by atoms with Crippen molar-refractivity contribution < 1.29 is 4.79 Å². The van der Waals surface area contributed by atoms with Crippen LogP contribution in [0.25, 0.3) is 0 Å². The minimum atomic E-state index is -0.0199. The molecule has 1 unspecified atom stereocenters. The van der Waals surface area contributed by atoms with E-state index in [9.17, 15) is 4.79 Å². The van der Waals surface area contributed by atoms with Crippen molar-refractivity contribution in [2.45, 2.75) is 18.9 Å². The molecule has 0 saturated carbocycles. The highest BCUT2D eigenvalue weighted by molar-refractivity contribution is 5.94. The Balaban J connectivity index is 1.77. The van der Waals surface area contributed by atoms with Gasteiger partial charge in [0.05, 0.1) is 6.04 Å². The summed E-state index contributed by atoms with van der Waals surface area (Å²) in [5.41, 5.74) is 3.27. The molecule has 0 aliphatic heterocycles. The van der Waals surface area contributed by atoms with Gasteiger partial charge in [0.15, 0.2) is 0 Å². The summed E-state index contributed by atoms with van der Waals surface area (Å²) in [4.78, 5) is 12.1. The summed E-state index contributed by atoms with van der Waals surface area (Å²) < 4.78 is 0. The van der Waals surface area contributed by atoms with Crippen molar-refractivity contribution in [3.05, 3.63) is 71.3 Å². The van der Waals surface area contributed by atoms with Gasteiger partial charge in [0, 0.05) is 5.56 Å². The predicted molar refractivity (Wildman–Crippen MR) is 70.2 cm³/mol. The zero-order chi connectivity index (χ0) is 12.4. The van der Waals surface area contributed by atoms with Gasteiger partial charge in [0.1, 0.15) is 0 Å². The molecule has 0 bridgehead atoms. The van der Waals surface area contributed by atoms with E-state index in [1.54, 1.807) is 12.1 Å². The van der Waals surface area contributed by atoms with Crippen LogP contribution in [0.2, 0.25) is 0 Å². The van der Waals surface area contributed by atoms with Crippen molar-refractivity contribution in [3.63, 3.8) is 0 Å². The van der Waals surface area contributed by atoms with Gasteiger partial charge >= 0.3 is 0 Å². The van der Waals surface area contributed by atoms with Crippen LogP contribution in [0.4, 0.5) is 0 Å². The van der Waals surface area contributed by atoms with E-state index < -0.39 is 0 Å². The number of carbonyl (C=O) groups is 1. The molecule has 0 spiro atoms. The second kappa shape index (κ2) is 4.65. The summed E-state index contributed by atoms with van der Waals surface area (Å²) in [6.07, 6.45) is 2.03. The van der Waals surface area contributed by atoms with Crippen LogP contribution in [-0.4, -0.2) is 5.91 Å². The van der Waals surface area contributed by atoms with Crippen LogP contribution >= 0.6 is 0 Å². The van der Waals surface area contributed by atoms with Crippen molar-refractivity contribution in [2.75, 3.05) is 0 Å². The van der Waals surface area contributed by atoms with Crippen LogP contribution in [0.1, 0.15) is 33.9 Å². The molecule has 18 heavy (non-hydrogen) atoms. The predicted octanol–water partition coefficient (Wildman–Crippen LogP) is 2.90. The first-order chi connectivity index (χ1) is 8.84. The third kappa shape index (κ3) is 2.02. The van der Waals surface area contributed by atoms with E-state index in [-0.39, 0.29) is 11.9 Å². The van der Waals surface area contributed by atoms with Gasteiger partial charge < -0.3 is 5.32 Å². The fourth-order valence-electron chi connectivity index (χ4n) is 2.48. The van der Waals surface area contributed by atoms with Gasteiger partial charge in [-0.1, -0.05) is 36.4 Å². The highest BCUT2D eigenvalue weighted by Gasteiger charge is 2.23. The SMILES string of the molecule is O=C(NC1CCc2ccccc21)c1c[c]ccc1. The summed E-state index contributed by atoms with van der Waals surface area (Å²) in [6, 6.07) is 18.5. The topological polar surface area (TPSA) is 29.1 Å². The third-order valence-corrected chi connectivity index (χ3v) is 3.41. The van der Waals surface area contributed by atoms with Crippen molar-refractivity contribution in [1.82, 2.24) is 5.32 Å². The molecule has 2 aromatic rings. The van der Waals surface area contributed by atoms with E-state index in [1.807, 2.05) is 18.2 Å². The van der Waals surface area contributed by atoms with Gasteiger partial charge in [-0.15, -0.1) is 0 Å². The monoisotopic (exact) mass is 236 g/mol. The quantitative estimate of drug-likeness (QED) is 0.853. The highest BCUT2D eigenvalue weighted by atomic mass is 16.1. The first kappa shape index (κ1) is 11.0. The number of hydrogen-bond donors (Lipinski definition) is 1. The molecule has 2 heteroatoms. The molecule has 2 nitrogen and oxygen atoms in total. The number of carbonyl (C=O) groups excluding carboxylic acids is 1. The normalized spacial score (nSPS) is 17.2. The summed E-state index contributed by atoms with van der Waals surface area (Å²) in [5, 5.41) is 3.09. The number of rotatable bonds is 2. The molecule has 3 rings (SSSR count). The molecular formula is C16H14NO. The van der Waals surface area contributed by atoms with E-state index in [1.165, 1.54) is 11.1 Å². The van der Waals surface area contributed by atoms with E-state index in [0.29, 0.717) is 5.56 Å². The lowest BCUT2D eigenvalue weighted by atomic mass is 10.1. The minimum Gasteiger partial charge on any atom is -0.345 e. The van der Waals surface area contributed by atoms with Crippen molar-refractivity contribution in [1.29, 1.82) is 0 Å². The van der Waals surface area contributed by atoms with Crippen LogP contribution in [-0.2, 0) is 6.42 Å². The van der Waals surface area contributed by atoms with E-state index in [0.717, 1.165) is 12.8 Å². The maximum atomic E-state index is 12.1. The number of fused-ring (bicyclic) bond motifs is 1. The van der Waals surface area contributed by atoms with Crippen LogP contribution in [0.5, 0.6) is 0 Å². The third-order valence-electron chi connectivity index (χ3n) is 3.41. The molecule has 0 fully saturated rings. The maximum Gasteiger partial charge on any atom is 0.251 e. The van der Waals surface area contributed by atoms with Crippen LogP contribution < -0.4 is 5.32 Å². The summed E-state index contributed by atoms with van der Waals surface area (Å²) >= 11 is 0. The Hall–Kier alpha value is -2.09. The van der Waals surface area contributed by atoms with E-state index in [4.69, 9.17) is 0 Å². The maximum absolute atomic E-state index is 12.1. The Morgan fingerprint density at radius 2 is 2.11 bits per heavy atom. The fourth-order valence-corrected chi connectivity index (χ4v) is 2.48. The molecule has 1 aliphatic carbocycles. The molecule has 0 aromatic heterocycles. The molecule has 1 aliphatic rings. The lowest BCUT2D eigenvalue weighted by molar-refractivity contribution is 0.0936. The molecule has 1 radical (unpaired) electrons. The molecule has 1 amide bonds. The van der Waals surface area contributed by atoms with Gasteiger partial charge in [0.2, 0.25) is 0 Å². The second-order valence-electron chi connectivity index (χ2n) is 4.56. The number of hydrogen-bond acceptors (Lipinski definition) is 1. The average molecular weight is 236 g/mol. The smallest absolute Gasteiger partial charge is 0.251 e. The summed E-state index contributed by atoms with van der Waals surface area (Å²) in [6.45, 7) is 0. The first-order valence-corrected chi connectivity index (χ1v) is 6.19. The van der Waals surface area contributed by atoms with Gasteiger partial charge in [0.25, 0.3) is 5.91 Å². The lowest BCUT2D eigenvalue weighted by Gasteiger charge is -2.14. The van der Waals surface area contributed by atoms with Gasteiger partial charge in [-0.2, -0.15) is 0 Å². The number of benzene rings is 2. The zero-order valence-corrected chi connectivity index (χ0v) is 10.0. The van der Waals surface area contributed by atoms with Crippen LogP contribution in [0.15, 0.2) is 48.5 Å². The van der Waals surface area contributed by atoms with Crippen molar-refractivity contribution in [2.24, 2.45) is 0 Å². The van der Waals surface area contributed by atoms with E-state index >= 15 is 0 Å². The Morgan fingerprint density at radius 1 is 1.22 bits per heavy atom. The Bertz CT molecular complexity index is 562. The minimum absolute atomic E-state index is 0.0199. The summed E-state index contributed by atoms with van der Waals surface area (Å²) in [5.74, 6) is -0.0199. The molecule has 89 valence electrons. The Labute approximate surface area is 107 Å². The van der Waals surface area contributed by atoms with Gasteiger partial charge in [-0.05, 0) is 42.2 Å². The number of amides is 1. The molecule has 0 saturated heterocycles. The van der Waals surface area contributed by atoms with E-state index in [2.05, 4.69) is 29.6 Å². The molecule has 1 N–H and O–H groups in total. The Kier molecular flexibility index (Phi) is 2.85. The van der Waals surface area contributed by atoms with Gasteiger partial charge in [-0.3, -0.25) is 4.79 Å². The van der Waals surface area contributed by atoms with Crippen LogP contribution in [0, 0.1) is 6.07 Å². The van der Waals surface area contributed by atoms with Gasteiger partial charge in [-0.25, -0.2) is 0 Å². The average Bonchev–Trinajstić information content (AvgIpc) is 2.83. The molecule has 1 atom stereocenters. The van der Waals surface area contributed by atoms with Crippen molar-refractivity contribution >= 4 is 5.91 Å². The highest BCUT2D eigenvalue weighted by Crippen LogP contribution is 2.30. The number of nitrogens with one attached hydrogen (secondary N) is 1. The molecule has 0 heterocycles. The summed E-state index contributed by atoms with van der Waals surface area (Å²) in [7, 11) is 0. The fraction of sp³-hybridized carbons (Fsp3) is 0.188. The van der Waals surface area contributed by atoms with Crippen LogP contribution in [0.3, 0.4) is 0 Å². The zero-order valence-electron chi connectivity index (χ0n) is 10.0. The largest absolute Gasteiger partial charge is 0.345 e. The second-order valence-corrected chi connectivity index (χ2v) is 4.56. The standard InChI is InChI=1S/C16H14NO/c18-16(13-7-2-1-3-8-13)17-15-11-10-12-6-4-5-9-14(12)15/h1-2,4-9,15H,10-11H2,(H,17,18). The first-order valence-electron chi connectivity index (χ1n) is 6.19. The lowest BCUT2D eigenvalue weighted by Crippen LogP contribution is -2.27.